The Morgan fingerprint density at radius 1 is 1.12 bits per heavy atom. The van der Waals surface area contributed by atoms with Crippen LogP contribution < -0.4 is 16.2 Å². The van der Waals surface area contributed by atoms with Gasteiger partial charge in [0.2, 0.25) is 0 Å². The first-order valence-electron chi connectivity index (χ1n) is 11.7. The lowest BCUT2D eigenvalue weighted by Gasteiger charge is -2.31. The molecule has 1 saturated heterocycles. The summed E-state index contributed by atoms with van der Waals surface area (Å²) in [6.45, 7) is 1.92. The highest BCUT2D eigenvalue weighted by Gasteiger charge is 2.21. The van der Waals surface area contributed by atoms with Crippen LogP contribution in [0.15, 0.2) is 47.4 Å². The predicted octanol–water partition coefficient (Wildman–Crippen LogP) is 2.74. The molecular formula is C25H32F2N4O3. The molecule has 2 heterocycles. The summed E-state index contributed by atoms with van der Waals surface area (Å²) in [5.41, 5.74) is 0.582. The molecule has 0 bridgehead atoms. The van der Waals surface area contributed by atoms with Gasteiger partial charge in [0.15, 0.2) is 0 Å². The maximum atomic E-state index is 12.8. The Morgan fingerprint density at radius 2 is 1.82 bits per heavy atom. The Hall–Kier alpha value is -3.07. The number of pyridine rings is 1. The largest absolute Gasteiger partial charge is 0.355 e. The van der Waals surface area contributed by atoms with Crippen molar-refractivity contribution in [1.82, 2.24) is 20.1 Å². The van der Waals surface area contributed by atoms with Crippen LogP contribution in [-0.4, -0.2) is 60.9 Å². The number of carbonyl (C=O) groups excluding carboxylic acids is 2. The van der Waals surface area contributed by atoms with Gasteiger partial charge in [-0.05, 0) is 56.3 Å². The number of hydrogen-bond donors (Lipinski definition) is 2. The van der Waals surface area contributed by atoms with E-state index >= 15 is 0 Å². The van der Waals surface area contributed by atoms with Gasteiger partial charge in [-0.25, -0.2) is 8.78 Å². The number of amides is 2. The normalized spacial score (nSPS) is 14.8. The molecule has 2 aromatic rings. The van der Waals surface area contributed by atoms with Crippen molar-refractivity contribution in [3.05, 3.63) is 69.6 Å². The van der Waals surface area contributed by atoms with Gasteiger partial charge < -0.3 is 15.2 Å². The van der Waals surface area contributed by atoms with E-state index in [1.165, 1.54) is 23.9 Å². The minimum Gasteiger partial charge on any atom is -0.355 e. The average molecular weight is 475 g/mol. The molecule has 0 radical (unpaired) electrons. The van der Waals surface area contributed by atoms with Crippen LogP contribution in [0.25, 0.3) is 0 Å². The SMILES string of the molecule is CNC(=O)c1cc(C(=O)NCCCC2CCN(CC(F)F)CC2)cn(Cc2ccccc2)c1=O. The van der Waals surface area contributed by atoms with E-state index in [2.05, 4.69) is 10.6 Å². The van der Waals surface area contributed by atoms with Crippen molar-refractivity contribution >= 4 is 11.8 Å². The van der Waals surface area contributed by atoms with Gasteiger partial charge >= 0.3 is 0 Å². The molecule has 0 aliphatic carbocycles. The third kappa shape index (κ3) is 7.21. The molecule has 2 N–H and O–H groups in total. The van der Waals surface area contributed by atoms with Crippen molar-refractivity contribution in [3.63, 3.8) is 0 Å². The number of carbonyl (C=O) groups is 2. The van der Waals surface area contributed by atoms with E-state index in [-0.39, 0.29) is 30.1 Å². The highest BCUT2D eigenvalue weighted by molar-refractivity contribution is 5.99. The van der Waals surface area contributed by atoms with Crippen molar-refractivity contribution in [3.8, 4) is 0 Å². The number of nitrogens with one attached hydrogen (secondary N) is 2. The first kappa shape index (κ1) is 25.6. The van der Waals surface area contributed by atoms with Crippen LogP contribution in [0.2, 0.25) is 0 Å². The molecule has 184 valence electrons. The number of likely N-dealkylation sites (tertiary alicyclic amines) is 1. The summed E-state index contributed by atoms with van der Waals surface area (Å²) < 4.78 is 26.4. The minimum absolute atomic E-state index is 0.0818. The molecule has 1 aliphatic heterocycles. The molecule has 1 aromatic carbocycles. The summed E-state index contributed by atoms with van der Waals surface area (Å²) in [5, 5.41) is 5.32. The molecular weight excluding hydrogens is 442 g/mol. The van der Waals surface area contributed by atoms with Crippen LogP contribution in [0.5, 0.6) is 0 Å². The maximum absolute atomic E-state index is 12.8. The monoisotopic (exact) mass is 474 g/mol. The number of alkyl halides is 2. The molecule has 0 atom stereocenters. The zero-order valence-electron chi connectivity index (χ0n) is 19.4. The summed E-state index contributed by atoms with van der Waals surface area (Å²) in [7, 11) is 1.44. The molecule has 1 aliphatic rings. The van der Waals surface area contributed by atoms with Crippen molar-refractivity contribution in [2.24, 2.45) is 5.92 Å². The standard InChI is InChI=1S/C25H32F2N4O3/c1-28-24(33)21-14-20(16-31(25(21)34)15-19-6-3-2-4-7-19)23(32)29-11-5-8-18-9-12-30(13-10-18)17-22(26)27/h2-4,6-7,14,16,18,22H,5,8-13,15,17H2,1H3,(H,28,33)(H,29,32). The predicted molar refractivity (Wildman–Crippen MR) is 126 cm³/mol. The Labute approximate surface area is 198 Å². The molecule has 1 fully saturated rings. The zero-order valence-corrected chi connectivity index (χ0v) is 19.4. The zero-order chi connectivity index (χ0) is 24.5. The fourth-order valence-corrected chi connectivity index (χ4v) is 4.30. The number of aromatic nitrogens is 1. The summed E-state index contributed by atoms with van der Waals surface area (Å²) >= 11 is 0. The molecule has 34 heavy (non-hydrogen) atoms. The Bertz CT molecular complexity index is 1020. The van der Waals surface area contributed by atoms with Gasteiger partial charge in [-0.15, -0.1) is 0 Å². The maximum Gasteiger partial charge on any atom is 0.263 e. The number of piperidine rings is 1. The second-order valence-electron chi connectivity index (χ2n) is 8.67. The van der Waals surface area contributed by atoms with E-state index in [1.54, 1.807) is 4.90 Å². The molecule has 9 heteroatoms. The molecule has 0 unspecified atom stereocenters. The van der Waals surface area contributed by atoms with Gasteiger partial charge in [-0.1, -0.05) is 30.3 Å². The second-order valence-corrected chi connectivity index (χ2v) is 8.67. The summed E-state index contributed by atoms with van der Waals surface area (Å²) in [6.07, 6.45) is 2.66. The van der Waals surface area contributed by atoms with Crippen LogP contribution in [0.1, 0.15) is 52.0 Å². The second kappa shape index (κ2) is 12.4. The number of hydrogen-bond acceptors (Lipinski definition) is 4. The van der Waals surface area contributed by atoms with E-state index in [0.29, 0.717) is 25.6 Å². The molecule has 0 spiro atoms. The van der Waals surface area contributed by atoms with E-state index < -0.39 is 17.9 Å². The lowest BCUT2D eigenvalue weighted by molar-refractivity contribution is 0.0678. The van der Waals surface area contributed by atoms with Crippen molar-refractivity contribution in [1.29, 1.82) is 0 Å². The minimum atomic E-state index is -2.29. The molecule has 1 aromatic heterocycles. The summed E-state index contributed by atoms with van der Waals surface area (Å²) in [5.74, 6) is -0.420. The molecule has 2 amide bonds. The Kier molecular flexibility index (Phi) is 9.33. The van der Waals surface area contributed by atoms with E-state index in [1.807, 2.05) is 30.3 Å². The van der Waals surface area contributed by atoms with Crippen LogP contribution >= 0.6 is 0 Å². The number of rotatable bonds is 10. The third-order valence-corrected chi connectivity index (χ3v) is 6.19. The van der Waals surface area contributed by atoms with Crippen LogP contribution in [0, 0.1) is 5.92 Å². The smallest absolute Gasteiger partial charge is 0.263 e. The molecule has 0 saturated carbocycles. The quantitative estimate of drug-likeness (QED) is 0.519. The van der Waals surface area contributed by atoms with Crippen LogP contribution in [-0.2, 0) is 6.54 Å². The number of benzene rings is 1. The van der Waals surface area contributed by atoms with Gasteiger partial charge in [0, 0.05) is 19.8 Å². The van der Waals surface area contributed by atoms with E-state index in [0.717, 1.165) is 31.2 Å². The number of halogens is 2. The van der Waals surface area contributed by atoms with Crippen molar-refractivity contribution in [2.45, 2.75) is 38.7 Å². The van der Waals surface area contributed by atoms with Crippen LogP contribution in [0.4, 0.5) is 8.78 Å². The first-order chi connectivity index (χ1) is 16.4. The van der Waals surface area contributed by atoms with Gasteiger partial charge in [-0.2, -0.15) is 0 Å². The van der Waals surface area contributed by atoms with E-state index in [9.17, 15) is 23.2 Å². The lowest BCUT2D eigenvalue weighted by atomic mass is 9.92. The summed E-state index contributed by atoms with van der Waals surface area (Å²) in [6, 6.07) is 10.7. The third-order valence-electron chi connectivity index (χ3n) is 6.19. The van der Waals surface area contributed by atoms with Crippen LogP contribution in [0.3, 0.4) is 0 Å². The van der Waals surface area contributed by atoms with Gasteiger partial charge in [0.05, 0.1) is 18.7 Å². The fraction of sp³-hybridized carbons (Fsp3) is 0.480. The lowest BCUT2D eigenvalue weighted by Crippen LogP contribution is -2.37. The van der Waals surface area contributed by atoms with Crippen molar-refractivity contribution in [2.75, 3.05) is 33.2 Å². The Morgan fingerprint density at radius 3 is 2.47 bits per heavy atom. The topological polar surface area (TPSA) is 83.4 Å². The summed E-state index contributed by atoms with van der Waals surface area (Å²) in [4.78, 5) is 39.6. The number of nitrogens with zero attached hydrogens (tertiary/aromatic N) is 2. The highest BCUT2D eigenvalue weighted by atomic mass is 19.3. The van der Waals surface area contributed by atoms with E-state index in [4.69, 9.17) is 0 Å². The molecule has 7 nitrogen and oxygen atoms in total. The average Bonchev–Trinajstić information content (AvgIpc) is 2.83. The Balaban J connectivity index is 1.58. The first-order valence-corrected chi connectivity index (χ1v) is 11.7. The van der Waals surface area contributed by atoms with Gasteiger partial charge in [-0.3, -0.25) is 19.3 Å². The molecule has 3 rings (SSSR count). The van der Waals surface area contributed by atoms with Crippen molar-refractivity contribution < 1.29 is 18.4 Å². The highest BCUT2D eigenvalue weighted by Crippen LogP contribution is 2.22. The van der Waals surface area contributed by atoms with Gasteiger partial charge in [0.1, 0.15) is 5.56 Å². The van der Waals surface area contributed by atoms with Gasteiger partial charge in [0.25, 0.3) is 23.8 Å². The fourth-order valence-electron chi connectivity index (χ4n) is 4.30.